The fraction of sp³-hybridized carbons (Fsp3) is 0.286. The van der Waals surface area contributed by atoms with Gasteiger partial charge in [-0.3, -0.25) is 10.1 Å². The van der Waals surface area contributed by atoms with Gasteiger partial charge in [0.1, 0.15) is 0 Å². The fourth-order valence-corrected chi connectivity index (χ4v) is 3.64. The van der Waals surface area contributed by atoms with Crippen LogP contribution >= 0.6 is 0 Å². The van der Waals surface area contributed by atoms with Crippen LogP contribution in [0.25, 0.3) is 22.3 Å². The molecule has 1 aromatic heterocycles. The highest BCUT2D eigenvalue weighted by molar-refractivity contribution is 5.89. The lowest BCUT2D eigenvalue weighted by molar-refractivity contribution is -0.450. The summed E-state index contributed by atoms with van der Waals surface area (Å²) in [5, 5.41) is 12.0. The molecule has 1 aliphatic heterocycles. The van der Waals surface area contributed by atoms with E-state index in [1.807, 2.05) is 18.2 Å². The number of nitrogens with zero attached hydrogens (tertiary/aromatic N) is 4. The van der Waals surface area contributed by atoms with Gasteiger partial charge in [-0.1, -0.05) is 19.1 Å². The van der Waals surface area contributed by atoms with Crippen LogP contribution in [-0.2, 0) is 0 Å². The van der Waals surface area contributed by atoms with Gasteiger partial charge in [-0.15, -0.1) is 0 Å². The lowest BCUT2D eigenvalue weighted by atomic mass is 10.1. The van der Waals surface area contributed by atoms with Crippen LogP contribution in [0.15, 0.2) is 48.5 Å². The Morgan fingerprint density at radius 1 is 1.07 bits per heavy atom. The molecule has 0 saturated carbocycles. The van der Waals surface area contributed by atoms with Crippen LogP contribution in [0, 0.1) is 10.1 Å². The molecule has 3 aromatic rings. The normalized spacial score (nSPS) is 14.6. The molecule has 0 amide bonds. The SMILES string of the molecule is CCC1=[N+](c2nc(-c3ccc([N+](=O)[O-])cc3)nc3ccccc23)CCCC1. The average molecular weight is 361 g/mol. The summed E-state index contributed by atoms with van der Waals surface area (Å²) < 4.78 is 2.34. The van der Waals surface area contributed by atoms with Crippen LogP contribution in [-0.4, -0.2) is 31.7 Å². The number of nitro groups is 1. The van der Waals surface area contributed by atoms with Crippen molar-refractivity contribution in [3.63, 3.8) is 0 Å². The number of para-hydroxylation sites is 1. The molecule has 0 N–H and O–H groups in total. The van der Waals surface area contributed by atoms with Gasteiger partial charge in [-0.25, -0.2) is 9.56 Å². The first kappa shape index (κ1) is 17.3. The number of aromatic nitrogens is 2. The second-order valence-corrected chi connectivity index (χ2v) is 6.72. The number of non-ortho nitro benzene ring substituents is 1. The van der Waals surface area contributed by atoms with E-state index in [-0.39, 0.29) is 5.69 Å². The molecule has 0 bridgehead atoms. The molecule has 0 unspecified atom stereocenters. The summed E-state index contributed by atoms with van der Waals surface area (Å²) in [5.41, 5.74) is 3.14. The molecule has 136 valence electrons. The first-order valence-corrected chi connectivity index (χ1v) is 9.31. The number of nitro benzene ring substituents is 1. The molecule has 0 saturated heterocycles. The Bertz CT molecular complexity index is 1040. The highest BCUT2D eigenvalue weighted by Crippen LogP contribution is 2.29. The number of hydrogen-bond acceptors (Lipinski definition) is 4. The number of benzene rings is 2. The second-order valence-electron chi connectivity index (χ2n) is 6.72. The van der Waals surface area contributed by atoms with Gasteiger partial charge < -0.3 is 0 Å². The van der Waals surface area contributed by atoms with Gasteiger partial charge in [0.2, 0.25) is 0 Å². The van der Waals surface area contributed by atoms with E-state index in [0.29, 0.717) is 5.82 Å². The third-order valence-electron chi connectivity index (χ3n) is 5.06. The van der Waals surface area contributed by atoms with E-state index in [1.165, 1.54) is 24.3 Å². The smallest absolute Gasteiger partial charge is 0.258 e. The predicted molar refractivity (Wildman–Crippen MR) is 106 cm³/mol. The van der Waals surface area contributed by atoms with Crippen molar-refractivity contribution in [1.82, 2.24) is 9.97 Å². The molecule has 2 aromatic carbocycles. The van der Waals surface area contributed by atoms with Crippen LogP contribution < -0.4 is 0 Å². The maximum absolute atomic E-state index is 10.9. The third-order valence-corrected chi connectivity index (χ3v) is 5.06. The number of fused-ring (bicyclic) bond motifs is 1. The summed E-state index contributed by atoms with van der Waals surface area (Å²) in [6.45, 7) is 3.15. The van der Waals surface area contributed by atoms with Gasteiger partial charge in [-0.05, 0) is 42.1 Å². The summed E-state index contributed by atoms with van der Waals surface area (Å²) >= 11 is 0. The topological polar surface area (TPSA) is 71.9 Å². The summed E-state index contributed by atoms with van der Waals surface area (Å²) in [4.78, 5) is 20.1. The zero-order valence-corrected chi connectivity index (χ0v) is 15.3. The van der Waals surface area contributed by atoms with E-state index < -0.39 is 4.92 Å². The Hall–Kier alpha value is -3.15. The van der Waals surface area contributed by atoms with Gasteiger partial charge in [0.25, 0.3) is 11.5 Å². The van der Waals surface area contributed by atoms with Crippen molar-refractivity contribution in [2.24, 2.45) is 0 Å². The minimum Gasteiger partial charge on any atom is -0.258 e. The van der Waals surface area contributed by atoms with Gasteiger partial charge >= 0.3 is 5.82 Å². The van der Waals surface area contributed by atoms with Crippen molar-refractivity contribution in [2.45, 2.75) is 32.6 Å². The molecule has 1 aliphatic rings. The first-order chi connectivity index (χ1) is 13.2. The minimum atomic E-state index is -0.396. The molecule has 6 nitrogen and oxygen atoms in total. The van der Waals surface area contributed by atoms with Crippen LogP contribution in [0.1, 0.15) is 32.6 Å². The summed E-state index contributed by atoms with van der Waals surface area (Å²) in [6, 6.07) is 14.5. The van der Waals surface area contributed by atoms with E-state index >= 15 is 0 Å². The first-order valence-electron chi connectivity index (χ1n) is 9.31. The number of hydrogen-bond donors (Lipinski definition) is 0. The molecule has 27 heavy (non-hydrogen) atoms. The monoisotopic (exact) mass is 361 g/mol. The molecule has 4 rings (SSSR count). The van der Waals surface area contributed by atoms with Crippen LogP contribution in [0.5, 0.6) is 0 Å². The Balaban J connectivity index is 1.91. The van der Waals surface area contributed by atoms with E-state index in [0.717, 1.165) is 48.1 Å². The largest absolute Gasteiger partial charge is 0.335 e. The van der Waals surface area contributed by atoms with Gasteiger partial charge in [0.15, 0.2) is 0 Å². The standard InChI is InChI=1S/C21H21N4O2/c1-2-16-7-5-6-14-24(16)21-18-8-3-4-9-19(18)22-20(23-21)15-10-12-17(13-11-15)25(26)27/h3-4,8-13H,2,5-7,14H2,1H3/q+1. The molecular weight excluding hydrogens is 340 g/mol. The van der Waals surface area contributed by atoms with Crippen molar-refractivity contribution >= 4 is 28.1 Å². The van der Waals surface area contributed by atoms with E-state index in [1.54, 1.807) is 12.1 Å². The highest BCUT2D eigenvalue weighted by Gasteiger charge is 2.25. The van der Waals surface area contributed by atoms with Crippen molar-refractivity contribution in [2.75, 3.05) is 6.54 Å². The lowest BCUT2D eigenvalue weighted by Gasteiger charge is -2.17. The van der Waals surface area contributed by atoms with E-state index in [2.05, 4.69) is 17.6 Å². The molecule has 2 heterocycles. The molecule has 0 spiro atoms. The van der Waals surface area contributed by atoms with Crippen LogP contribution in [0.3, 0.4) is 0 Å². The van der Waals surface area contributed by atoms with Gasteiger partial charge in [0.05, 0.1) is 28.1 Å². The third kappa shape index (κ3) is 3.30. The van der Waals surface area contributed by atoms with Crippen LogP contribution in [0.4, 0.5) is 11.5 Å². The maximum Gasteiger partial charge on any atom is 0.335 e. The van der Waals surface area contributed by atoms with Crippen molar-refractivity contribution in [1.29, 1.82) is 0 Å². The highest BCUT2D eigenvalue weighted by atomic mass is 16.6. The Labute approximate surface area is 157 Å². The predicted octanol–water partition coefficient (Wildman–Crippen LogP) is 4.88. The zero-order chi connectivity index (χ0) is 18.8. The molecule has 0 radical (unpaired) electrons. The molecule has 6 heteroatoms. The number of rotatable bonds is 4. The van der Waals surface area contributed by atoms with Crippen molar-refractivity contribution in [3.8, 4) is 11.4 Å². The lowest BCUT2D eigenvalue weighted by Crippen LogP contribution is -2.23. The molecule has 0 fully saturated rings. The van der Waals surface area contributed by atoms with Crippen LogP contribution in [0.2, 0.25) is 0 Å². The zero-order valence-electron chi connectivity index (χ0n) is 15.3. The van der Waals surface area contributed by atoms with Gasteiger partial charge in [-0.2, -0.15) is 0 Å². The van der Waals surface area contributed by atoms with Crippen molar-refractivity contribution < 1.29 is 9.50 Å². The molecule has 0 aliphatic carbocycles. The molecular formula is C21H21N4O2+. The summed E-state index contributed by atoms with van der Waals surface area (Å²) in [7, 11) is 0. The quantitative estimate of drug-likeness (QED) is 0.377. The van der Waals surface area contributed by atoms with E-state index in [9.17, 15) is 10.1 Å². The Morgan fingerprint density at radius 3 is 2.59 bits per heavy atom. The maximum atomic E-state index is 10.9. The second kappa shape index (κ2) is 7.23. The minimum absolute atomic E-state index is 0.0670. The van der Waals surface area contributed by atoms with Crippen molar-refractivity contribution in [3.05, 3.63) is 58.6 Å². The summed E-state index contributed by atoms with van der Waals surface area (Å²) in [5.74, 6) is 1.53. The average Bonchev–Trinajstić information content (AvgIpc) is 2.73. The van der Waals surface area contributed by atoms with E-state index in [4.69, 9.17) is 9.97 Å². The molecule has 0 atom stereocenters. The summed E-state index contributed by atoms with van der Waals surface area (Å²) in [6.07, 6.45) is 4.47. The van der Waals surface area contributed by atoms with Gasteiger partial charge in [0, 0.05) is 30.5 Å². The fourth-order valence-electron chi connectivity index (χ4n) is 3.64. The Morgan fingerprint density at radius 2 is 1.85 bits per heavy atom. The Kier molecular flexibility index (Phi) is 4.62.